The Morgan fingerprint density at radius 1 is 1.45 bits per heavy atom. The summed E-state index contributed by atoms with van der Waals surface area (Å²) in [6.07, 6.45) is 3.83. The van der Waals surface area contributed by atoms with Crippen LogP contribution in [-0.2, 0) is 0 Å². The normalized spacial score (nSPS) is 25.4. The summed E-state index contributed by atoms with van der Waals surface area (Å²) in [5, 5.41) is 9.83. The number of likely N-dealkylation sites (tertiary alicyclic amines) is 1. The molecule has 1 aliphatic heterocycles. The average molecular weight is 175 g/mol. The molecule has 3 heteroatoms. The van der Waals surface area contributed by atoms with Crippen LogP contribution in [0.3, 0.4) is 0 Å². The molecule has 0 aromatic heterocycles. The Morgan fingerprint density at radius 2 is 2.00 bits per heavy atom. The van der Waals surface area contributed by atoms with Crippen molar-refractivity contribution in [2.75, 3.05) is 25.9 Å². The van der Waals surface area contributed by atoms with Gasteiger partial charge in [-0.15, -0.1) is 11.8 Å². The molecule has 1 N–H and O–H groups in total. The second-order valence-corrected chi connectivity index (χ2v) is 4.25. The minimum atomic E-state index is -0.425. The van der Waals surface area contributed by atoms with E-state index in [-0.39, 0.29) is 0 Å². The third-order valence-corrected chi connectivity index (χ3v) is 3.63. The maximum atomic E-state index is 9.83. The van der Waals surface area contributed by atoms with E-state index in [0.717, 1.165) is 32.5 Å². The monoisotopic (exact) mass is 175 g/mol. The number of piperidine rings is 1. The molecule has 0 aromatic carbocycles. The van der Waals surface area contributed by atoms with Crippen LogP contribution >= 0.6 is 11.8 Å². The van der Waals surface area contributed by atoms with E-state index in [1.54, 1.807) is 11.8 Å². The van der Waals surface area contributed by atoms with Gasteiger partial charge in [0.1, 0.15) is 4.93 Å². The number of nitrogens with zero attached hydrogens (tertiary/aromatic N) is 1. The first-order valence-electron chi connectivity index (χ1n) is 4.20. The number of hydrogen-bond donors (Lipinski definition) is 1. The van der Waals surface area contributed by atoms with Gasteiger partial charge in [0.25, 0.3) is 0 Å². The van der Waals surface area contributed by atoms with Gasteiger partial charge >= 0.3 is 0 Å². The van der Waals surface area contributed by atoms with Crippen LogP contribution in [0.25, 0.3) is 0 Å². The molecule has 0 aliphatic carbocycles. The van der Waals surface area contributed by atoms with E-state index < -0.39 is 4.93 Å². The molecule has 1 fully saturated rings. The van der Waals surface area contributed by atoms with Crippen LogP contribution < -0.4 is 0 Å². The average Bonchev–Trinajstić information content (AvgIpc) is 2.06. The Bertz CT molecular complexity index is 121. The van der Waals surface area contributed by atoms with Gasteiger partial charge in [-0.2, -0.15) is 0 Å². The SMILES string of the molecule is CCN1CCC(O)(SC)CC1. The van der Waals surface area contributed by atoms with Crippen molar-refractivity contribution in [2.45, 2.75) is 24.7 Å². The largest absolute Gasteiger partial charge is 0.379 e. The Hall–Kier alpha value is 0.270. The van der Waals surface area contributed by atoms with Gasteiger partial charge in [0, 0.05) is 13.1 Å². The number of thioether (sulfide) groups is 1. The Labute approximate surface area is 73.0 Å². The van der Waals surface area contributed by atoms with E-state index in [4.69, 9.17) is 0 Å². The van der Waals surface area contributed by atoms with Crippen LogP contribution in [0.1, 0.15) is 19.8 Å². The van der Waals surface area contributed by atoms with Crippen molar-refractivity contribution >= 4 is 11.8 Å². The summed E-state index contributed by atoms with van der Waals surface area (Å²) in [5.41, 5.74) is 0. The number of rotatable bonds is 2. The standard InChI is InChI=1S/C8H17NOS/c1-3-9-6-4-8(10,11-2)5-7-9/h10H,3-7H2,1-2H3. The van der Waals surface area contributed by atoms with Crippen LogP contribution in [0.15, 0.2) is 0 Å². The molecule has 1 heterocycles. The van der Waals surface area contributed by atoms with Crippen molar-refractivity contribution in [1.29, 1.82) is 0 Å². The summed E-state index contributed by atoms with van der Waals surface area (Å²) in [5.74, 6) is 0. The fourth-order valence-electron chi connectivity index (χ4n) is 1.42. The van der Waals surface area contributed by atoms with Crippen molar-refractivity contribution in [3.63, 3.8) is 0 Å². The van der Waals surface area contributed by atoms with E-state index in [2.05, 4.69) is 11.8 Å². The summed E-state index contributed by atoms with van der Waals surface area (Å²) in [6, 6.07) is 0. The minimum Gasteiger partial charge on any atom is -0.379 e. The molecule has 0 radical (unpaired) electrons. The Morgan fingerprint density at radius 3 is 2.36 bits per heavy atom. The first-order chi connectivity index (χ1) is 5.20. The van der Waals surface area contributed by atoms with Gasteiger partial charge < -0.3 is 10.0 Å². The topological polar surface area (TPSA) is 23.5 Å². The van der Waals surface area contributed by atoms with Crippen molar-refractivity contribution in [1.82, 2.24) is 4.90 Å². The molecule has 0 unspecified atom stereocenters. The summed E-state index contributed by atoms with van der Waals surface area (Å²) in [6.45, 7) is 5.38. The van der Waals surface area contributed by atoms with Crippen molar-refractivity contribution < 1.29 is 5.11 Å². The maximum Gasteiger partial charge on any atom is 0.112 e. The third-order valence-electron chi connectivity index (χ3n) is 2.46. The lowest BCUT2D eigenvalue weighted by Gasteiger charge is -2.36. The molecular formula is C8H17NOS. The summed E-state index contributed by atoms with van der Waals surface area (Å²) in [4.78, 5) is 1.95. The molecule has 1 saturated heterocycles. The van der Waals surface area contributed by atoms with Gasteiger partial charge in [-0.25, -0.2) is 0 Å². The zero-order valence-corrected chi connectivity index (χ0v) is 8.15. The number of aliphatic hydroxyl groups is 1. The number of hydrogen-bond acceptors (Lipinski definition) is 3. The highest BCUT2D eigenvalue weighted by molar-refractivity contribution is 7.99. The second-order valence-electron chi connectivity index (χ2n) is 3.08. The van der Waals surface area contributed by atoms with Crippen molar-refractivity contribution in [3.05, 3.63) is 0 Å². The first kappa shape index (κ1) is 9.36. The predicted octanol–water partition coefficient (Wildman–Crippen LogP) is 1.15. The molecule has 0 amide bonds. The molecule has 2 nitrogen and oxygen atoms in total. The summed E-state index contributed by atoms with van der Waals surface area (Å²) < 4.78 is 0. The Balaban J connectivity index is 2.35. The lowest BCUT2D eigenvalue weighted by Crippen LogP contribution is -2.41. The van der Waals surface area contributed by atoms with E-state index in [1.807, 2.05) is 6.26 Å². The first-order valence-corrected chi connectivity index (χ1v) is 5.42. The second kappa shape index (κ2) is 3.78. The van der Waals surface area contributed by atoms with E-state index >= 15 is 0 Å². The quantitative estimate of drug-likeness (QED) is 0.637. The van der Waals surface area contributed by atoms with E-state index in [1.165, 1.54) is 0 Å². The lowest BCUT2D eigenvalue weighted by molar-refractivity contribution is 0.0570. The molecule has 11 heavy (non-hydrogen) atoms. The molecule has 0 spiro atoms. The van der Waals surface area contributed by atoms with Crippen LogP contribution in [-0.4, -0.2) is 40.8 Å². The van der Waals surface area contributed by atoms with Gasteiger partial charge in [-0.3, -0.25) is 0 Å². The molecule has 0 bridgehead atoms. The molecule has 1 aliphatic rings. The predicted molar refractivity (Wildman–Crippen MR) is 49.8 cm³/mol. The smallest absolute Gasteiger partial charge is 0.112 e. The van der Waals surface area contributed by atoms with Gasteiger partial charge in [0.2, 0.25) is 0 Å². The van der Waals surface area contributed by atoms with E-state index in [0.29, 0.717) is 0 Å². The fourth-order valence-corrected chi connectivity index (χ4v) is 2.01. The third kappa shape index (κ3) is 2.36. The van der Waals surface area contributed by atoms with Crippen LogP contribution in [0.4, 0.5) is 0 Å². The minimum absolute atomic E-state index is 0.425. The maximum absolute atomic E-state index is 9.83. The molecule has 0 atom stereocenters. The van der Waals surface area contributed by atoms with Gasteiger partial charge in [-0.05, 0) is 25.6 Å². The van der Waals surface area contributed by atoms with Crippen LogP contribution in [0.5, 0.6) is 0 Å². The van der Waals surface area contributed by atoms with Gasteiger partial charge in [0.15, 0.2) is 0 Å². The Kier molecular flexibility index (Phi) is 3.22. The molecule has 0 aromatic rings. The van der Waals surface area contributed by atoms with Crippen LogP contribution in [0.2, 0.25) is 0 Å². The molecule has 66 valence electrons. The lowest BCUT2D eigenvalue weighted by atomic mass is 10.1. The summed E-state index contributed by atoms with van der Waals surface area (Å²) in [7, 11) is 0. The highest BCUT2D eigenvalue weighted by Gasteiger charge is 2.30. The van der Waals surface area contributed by atoms with Crippen molar-refractivity contribution in [2.24, 2.45) is 0 Å². The van der Waals surface area contributed by atoms with Gasteiger partial charge in [-0.1, -0.05) is 6.92 Å². The molecular weight excluding hydrogens is 158 g/mol. The fraction of sp³-hybridized carbons (Fsp3) is 1.00. The van der Waals surface area contributed by atoms with Gasteiger partial charge in [0.05, 0.1) is 0 Å². The highest BCUT2D eigenvalue weighted by Crippen LogP contribution is 2.30. The molecule has 1 rings (SSSR count). The zero-order valence-electron chi connectivity index (χ0n) is 7.34. The van der Waals surface area contributed by atoms with Crippen LogP contribution in [0, 0.1) is 0 Å². The summed E-state index contributed by atoms with van der Waals surface area (Å²) >= 11 is 1.59. The van der Waals surface area contributed by atoms with E-state index in [9.17, 15) is 5.11 Å². The zero-order chi connectivity index (χ0) is 8.32. The molecule has 0 saturated carbocycles. The highest BCUT2D eigenvalue weighted by atomic mass is 32.2. The van der Waals surface area contributed by atoms with Crippen molar-refractivity contribution in [3.8, 4) is 0 Å².